The van der Waals surface area contributed by atoms with Gasteiger partial charge in [-0.05, 0) is 71.6 Å². The van der Waals surface area contributed by atoms with Crippen molar-refractivity contribution in [2.24, 2.45) is 0 Å². The third kappa shape index (κ3) is 6.06. The molecule has 0 aliphatic carbocycles. The largest absolute Gasteiger partial charge is 0.458 e. The molecule has 0 aliphatic rings. The second kappa shape index (κ2) is 13.6. The second-order valence-corrected chi connectivity index (χ2v) is 14.9. The molecule has 0 amide bonds. The lowest BCUT2D eigenvalue weighted by Gasteiger charge is -2.20. The normalized spacial score (nSPS) is 11.8. The zero-order valence-electron chi connectivity index (χ0n) is 31.6. The fourth-order valence-electron chi connectivity index (χ4n) is 7.53. The van der Waals surface area contributed by atoms with Crippen LogP contribution in [0.5, 0.6) is 11.5 Å². The van der Waals surface area contributed by atoms with E-state index >= 15 is 0 Å². The summed E-state index contributed by atoms with van der Waals surface area (Å²) in [5.74, 6) is 3.46. The summed E-state index contributed by atoms with van der Waals surface area (Å²) in [4.78, 5) is 23.4. The molecule has 5 aromatic carbocycles. The number of ether oxygens (including phenoxy) is 1. The summed E-state index contributed by atoms with van der Waals surface area (Å²) in [7, 11) is 0. The number of rotatable bonds is 7. The number of hydrogen-bond acceptors (Lipinski definition) is 6. The van der Waals surface area contributed by atoms with E-state index in [2.05, 4.69) is 127 Å². The second-order valence-electron chi connectivity index (χ2n) is 14.9. The monoisotopic (exact) mass is 740 g/mol. The van der Waals surface area contributed by atoms with Gasteiger partial charge in [0.2, 0.25) is 0 Å². The van der Waals surface area contributed by atoms with Crippen molar-refractivity contribution in [1.82, 2.24) is 34.1 Å². The van der Waals surface area contributed by atoms with Crippen LogP contribution in [0.4, 0.5) is 0 Å². The molecule has 0 N–H and O–H groups in total. The lowest BCUT2D eigenvalue weighted by Crippen LogP contribution is -2.31. The predicted octanol–water partition coefficient (Wildman–Crippen LogP) is 10.2. The third-order valence-electron chi connectivity index (χ3n) is 10.2. The highest BCUT2D eigenvalue weighted by molar-refractivity contribution is 6.09. The lowest BCUT2D eigenvalue weighted by molar-refractivity contribution is -0.571. The van der Waals surface area contributed by atoms with Crippen molar-refractivity contribution >= 4 is 32.8 Å². The number of nitrogens with zero attached hydrogens (tertiary/aromatic N) is 8. The fraction of sp³-hybridized carbons (Fsp3) is 0.0833. The first-order valence-electron chi connectivity index (χ1n) is 18.8. The van der Waals surface area contributed by atoms with Gasteiger partial charge in [0.05, 0.1) is 33.4 Å². The van der Waals surface area contributed by atoms with Crippen LogP contribution in [-0.2, 0) is 5.41 Å². The highest BCUT2D eigenvalue weighted by atomic mass is 16.5. The number of benzene rings is 5. The summed E-state index contributed by atoms with van der Waals surface area (Å²) < 4.78 is 13.0. The van der Waals surface area contributed by atoms with Crippen molar-refractivity contribution in [1.29, 1.82) is 0 Å². The Morgan fingerprint density at radius 2 is 1.19 bits per heavy atom. The van der Waals surface area contributed by atoms with Gasteiger partial charge in [0, 0.05) is 58.9 Å². The van der Waals surface area contributed by atoms with Crippen LogP contribution in [-0.4, -0.2) is 34.1 Å². The minimum Gasteiger partial charge on any atom is -0.458 e. The van der Waals surface area contributed by atoms with Crippen LogP contribution in [0, 0.1) is 6.33 Å². The molecule has 0 saturated heterocycles. The topological polar surface area (TPSA) is 87.4 Å². The van der Waals surface area contributed by atoms with Crippen molar-refractivity contribution in [3.8, 4) is 51.5 Å². The summed E-state index contributed by atoms with van der Waals surface area (Å²) in [6.07, 6.45) is 12.6. The van der Waals surface area contributed by atoms with E-state index in [9.17, 15) is 0 Å². The molecule has 0 saturated carbocycles. The number of hydrogen-bond donors (Lipinski definition) is 0. The Bertz CT molecular complexity index is 3030. The van der Waals surface area contributed by atoms with Crippen molar-refractivity contribution in [3.63, 3.8) is 0 Å². The van der Waals surface area contributed by atoms with Crippen LogP contribution >= 0.6 is 0 Å². The van der Waals surface area contributed by atoms with Gasteiger partial charge in [-0.1, -0.05) is 87.5 Å². The molecule has 9 heteroatoms. The van der Waals surface area contributed by atoms with Crippen LogP contribution in [0.3, 0.4) is 0 Å². The summed E-state index contributed by atoms with van der Waals surface area (Å²) in [5, 5.41) is 2.30. The molecule has 0 bridgehead atoms. The van der Waals surface area contributed by atoms with Gasteiger partial charge >= 0.3 is 0 Å². The molecule has 0 radical (unpaired) electrons. The Balaban J connectivity index is 1.08. The third-order valence-corrected chi connectivity index (χ3v) is 10.2. The van der Waals surface area contributed by atoms with E-state index in [1.165, 1.54) is 5.56 Å². The number of para-hydroxylation sites is 4. The molecule has 5 heterocycles. The van der Waals surface area contributed by atoms with E-state index in [0.29, 0.717) is 17.4 Å². The summed E-state index contributed by atoms with van der Waals surface area (Å²) in [6, 6.07) is 45.0. The highest BCUT2D eigenvalue weighted by Gasteiger charge is 2.22. The standard InChI is InChI=1S/C48H36N8O/c1-48(2,3)32-22-27-49-44(28-32)56-40-17-5-4-14-36(40)37-21-20-35(30-43(37)56)57-34-13-8-12-33(29-34)54-31-55(42-19-7-6-18-41(42)54)45-38(46-50-23-10-24-51-46)15-9-16-39(45)47-52-25-11-26-53-47/h4-30H,1-3H3. The minimum absolute atomic E-state index is 0.0181. The van der Waals surface area contributed by atoms with Crippen molar-refractivity contribution in [3.05, 3.63) is 176 Å². The molecule has 57 heavy (non-hydrogen) atoms. The minimum atomic E-state index is -0.0181. The number of aromatic nitrogens is 8. The summed E-state index contributed by atoms with van der Waals surface area (Å²) in [5.41, 5.74) is 8.57. The average Bonchev–Trinajstić information content (AvgIpc) is 3.80. The molecule has 0 fully saturated rings. The highest BCUT2D eigenvalue weighted by Crippen LogP contribution is 2.37. The van der Waals surface area contributed by atoms with E-state index in [-0.39, 0.29) is 5.41 Å². The van der Waals surface area contributed by atoms with E-state index in [0.717, 1.165) is 66.9 Å². The Morgan fingerprint density at radius 3 is 1.93 bits per heavy atom. The van der Waals surface area contributed by atoms with Crippen molar-refractivity contribution in [2.45, 2.75) is 26.2 Å². The summed E-state index contributed by atoms with van der Waals surface area (Å²) in [6.45, 7) is 6.67. The van der Waals surface area contributed by atoms with Gasteiger partial charge in [-0.25, -0.2) is 24.9 Å². The van der Waals surface area contributed by atoms with E-state index < -0.39 is 0 Å². The molecule has 10 aromatic rings. The lowest BCUT2D eigenvalue weighted by atomic mass is 9.88. The van der Waals surface area contributed by atoms with Gasteiger partial charge < -0.3 is 4.74 Å². The van der Waals surface area contributed by atoms with E-state index in [4.69, 9.17) is 9.72 Å². The van der Waals surface area contributed by atoms with E-state index in [1.54, 1.807) is 24.8 Å². The number of fused-ring (bicyclic) bond motifs is 4. The Kier molecular flexibility index (Phi) is 8.14. The molecule has 274 valence electrons. The first kappa shape index (κ1) is 34.0. The number of imidazole rings is 1. The molecule has 0 spiro atoms. The molecule has 0 aliphatic heterocycles. The maximum atomic E-state index is 6.67. The summed E-state index contributed by atoms with van der Waals surface area (Å²) >= 11 is 0. The maximum absolute atomic E-state index is 6.67. The van der Waals surface area contributed by atoms with Crippen molar-refractivity contribution < 1.29 is 9.30 Å². The van der Waals surface area contributed by atoms with Gasteiger partial charge in [-0.3, -0.25) is 13.7 Å². The Hall–Kier alpha value is -7.52. The maximum Gasteiger partial charge on any atom is 0.269 e. The molecular weight excluding hydrogens is 705 g/mol. The average molecular weight is 741 g/mol. The van der Waals surface area contributed by atoms with Crippen LogP contribution in [0.25, 0.3) is 72.8 Å². The van der Waals surface area contributed by atoms with Gasteiger partial charge in [0.1, 0.15) is 17.3 Å². The first-order chi connectivity index (χ1) is 27.9. The van der Waals surface area contributed by atoms with Crippen LogP contribution in [0.1, 0.15) is 26.3 Å². The Morgan fingerprint density at radius 1 is 0.544 bits per heavy atom. The van der Waals surface area contributed by atoms with Gasteiger partial charge in [0.15, 0.2) is 11.6 Å². The predicted molar refractivity (Wildman–Crippen MR) is 223 cm³/mol. The molecule has 0 atom stereocenters. The zero-order chi connectivity index (χ0) is 38.5. The van der Waals surface area contributed by atoms with Gasteiger partial charge in [-0.2, -0.15) is 0 Å². The molecular formula is C48H36N8O. The smallest absolute Gasteiger partial charge is 0.269 e. The van der Waals surface area contributed by atoms with Crippen LogP contribution in [0.15, 0.2) is 164 Å². The number of pyridine rings is 1. The molecule has 0 unspecified atom stereocenters. The van der Waals surface area contributed by atoms with Crippen LogP contribution < -0.4 is 9.30 Å². The zero-order valence-corrected chi connectivity index (χ0v) is 31.6. The fourth-order valence-corrected chi connectivity index (χ4v) is 7.53. The SMILES string of the molecule is CC(C)(C)c1ccnc(-n2c3ccccc3c3ccc(Oc4cccc(-n5[c-][n+](-c6c(-c7ncccn7)cccc6-c6ncccn6)c6ccccc65)c4)cc32)c1. The quantitative estimate of drug-likeness (QED) is 0.119. The van der Waals surface area contributed by atoms with E-state index in [1.807, 2.05) is 72.9 Å². The van der Waals surface area contributed by atoms with Gasteiger partial charge in [-0.15, -0.1) is 0 Å². The molecule has 9 nitrogen and oxygen atoms in total. The van der Waals surface area contributed by atoms with Crippen molar-refractivity contribution in [2.75, 3.05) is 0 Å². The Labute approximate surface area is 329 Å². The van der Waals surface area contributed by atoms with Crippen LogP contribution in [0.2, 0.25) is 0 Å². The van der Waals surface area contributed by atoms with Gasteiger partial charge in [0.25, 0.3) is 6.33 Å². The first-order valence-corrected chi connectivity index (χ1v) is 18.8. The molecule has 10 rings (SSSR count). The molecule has 5 aromatic heterocycles.